The third kappa shape index (κ3) is 7.47. The van der Waals surface area contributed by atoms with E-state index < -0.39 is 11.8 Å². The van der Waals surface area contributed by atoms with Gasteiger partial charge in [0.2, 0.25) is 0 Å². The number of benzene rings is 3. The van der Waals surface area contributed by atoms with Gasteiger partial charge in [0.1, 0.15) is 6.61 Å². The van der Waals surface area contributed by atoms with Crippen molar-refractivity contribution in [1.29, 1.82) is 0 Å². The number of nitrogens with zero attached hydrogens (tertiary/aromatic N) is 1. The average Bonchev–Trinajstić information content (AvgIpc) is 2.81. The minimum absolute atomic E-state index is 0.396. The molecule has 2 N–H and O–H groups in total. The van der Waals surface area contributed by atoms with Gasteiger partial charge in [-0.25, -0.2) is 5.43 Å². The molecule has 3 aromatic rings. The van der Waals surface area contributed by atoms with Gasteiger partial charge in [0.05, 0.1) is 12.8 Å². The number of halogens is 1. The number of hydrogen-bond acceptors (Lipinski definition) is 5. The lowest BCUT2D eigenvalue weighted by Gasteiger charge is -2.12. The second-order valence-corrected chi connectivity index (χ2v) is 7.99. The van der Waals surface area contributed by atoms with Crippen molar-refractivity contribution in [3.63, 3.8) is 0 Å². The monoisotopic (exact) mass is 509 g/mol. The van der Waals surface area contributed by atoms with Crippen molar-refractivity contribution in [2.45, 2.75) is 20.5 Å². The molecule has 3 rings (SSSR count). The van der Waals surface area contributed by atoms with E-state index in [0.717, 1.165) is 15.6 Å². The van der Waals surface area contributed by atoms with E-state index in [1.54, 1.807) is 30.3 Å². The molecule has 33 heavy (non-hydrogen) atoms. The highest BCUT2D eigenvalue weighted by Crippen LogP contribution is 2.29. The molecule has 0 aromatic heterocycles. The number of hydrogen-bond donors (Lipinski definition) is 2. The summed E-state index contributed by atoms with van der Waals surface area (Å²) in [6.07, 6.45) is 1.43. The minimum atomic E-state index is -0.869. The van der Waals surface area contributed by atoms with Crippen LogP contribution in [-0.2, 0) is 16.2 Å². The molecule has 0 saturated heterocycles. The summed E-state index contributed by atoms with van der Waals surface area (Å²) in [4.78, 5) is 24.0. The van der Waals surface area contributed by atoms with E-state index in [2.05, 4.69) is 31.8 Å². The predicted octanol–water partition coefficient (Wildman–Crippen LogP) is 4.82. The number of carbonyl (C=O) groups excluding carboxylic acids is 2. The Morgan fingerprint density at radius 2 is 1.67 bits per heavy atom. The summed E-state index contributed by atoms with van der Waals surface area (Å²) in [5, 5.41) is 6.38. The van der Waals surface area contributed by atoms with Crippen LogP contribution in [0, 0.1) is 6.92 Å². The summed E-state index contributed by atoms with van der Waals surface area (Å²) < 4.78 is 12.6. The van der Waals surface area contributed by atoms with Crippen LogP contribution < -0.4 is 20.2 Å². The number of aryl methyl sites for hydroxylation is 1. The van der Waals surface area contributed by atoms with Crippen molar-refractivity contribution in [2.24, 2.45) is 5.10 Å². The molecule has 0 heterocycles. The van der Waals surface area contributed by atoms with Crippen LogP contribution in [0.1, 0.15) is 23.6 Å². The molecule has 0 aliphatic carbocycles. The highest BCUT2D eigenvalue weighted by atomic mass is 79.9. The highest BCUT2D eigenvalue weighted by Gasteiger charge is 2.13. The zero-order valence-corrected chi connectivity index (χ0v) is 19.9. The van der Waals surface area contributed by atoms with E-state index in [0.29, 0.717) is 36.0 Å². The van der Waals surface area contributed by atoms with Crippen LogP contribution in [0.2, 0.25) is 0 Å². The fraction of sp³-hybridized carbons (Fsp3) is 0.160. The Morgan fingerprint density at radius 3 is 2.36 bits per heavy atom. The lowest BCUT2D eigenvalue weighted by Crippen LogP contribution is -2.32. The van der Waals surface area contributed by atoms with Gasteiger partial charge in [0, 0.05) is 10.2 Å². The molecule has 170 valence electrons. The number of ether oxygens (including phenoxy) is 2. The van der Waals surface area contributed by atoms with Crippen molar-refractivity contribution in [3.8, 4) is 11.5 Å². The second-order valence-electron chi connectivity index (χ2n) is 7.07. The van der Waals surface area contributed by atoms with Gasteiger partial charge in [-0.3, -0.25) is 9.59 Å². The quantitative estimate of drug-likeness (QED) is 0.258. The molecule has 0 spiro atoms. The first kappa shape index (κ1) is 24.0. The zero-order valence-electron chi connectivity index (χ0n) is 18.3. The van der Waals surface area contributed by atoms with Crippen LogP contribution in [-0.4, -0.2) is 24.6 Å². The molecule has 0 saturated carbocycles. The lowest BCUT2D eigenvalue weighted by molar-refractivity contribution is -0.136. The Kier molecular flexibility index (Phi) is 8.60. The molecule has 0 radical (unpaired) electrons. The average molecular weight is 510 g/mol. The first-order valence-electron chi connectivity index (χ1n) is 10.3. The summed E-state index contributed by atoms with van der Waals surface area (Å²) in [6, 6.07) is 20.3. The number of nitrogens with one attached hydrogen (secondary N) is 2. The van der Waals surface area contributed by atoms with Gasteiger partial charge < -0.3 is 14.8 Å². The molecule has 0 unspecified atom stereocenters. The standard InChI is InChI=1S/C25H24BrN3O4/c1-3-32-23-14-19(8-13-22(23)33-16-18-6-9-20(26)10-7-18)15-27-29-25(31)24(30)28-21-11-4-17(2)5-12-21/h4-15H,3,16H2,1-2H3,(H,28,30)(H,29,31)/b27-15-. The normalized spacial score (nSPS) is 10.6. The smallest absolute Gasteiger partial charge is 0.329 e. The van der Waals surface area contributed by atoms with Gasteiger partial charge in [0.15, 0.2) is 11.5 Å². The molecule has 0 atom stereocenters. The summed E-state index contributed by atoms with van der Waals surface area (Å²) in [5.41, 5.74) is 5.51. The van der Waals surface area contributed by atoms with Crippen LogP contribution in [0.3, 0.4) is 0 Å². The van der Waals surface area contributed by atoms with Crippen LogP contribution in [0.4, 0.5) is 5.69 Å². The Hall–Kier alpha value is -3.65. The zero-order chi connectivity index (χ0) is 23.6. The minimum Gasteiger partial charge on any atom is -0.490 e. The first-order valence-corrected chi connectivity index (χ1v) is 11.1. The maximum atomic E-state index is 12.0. The predicted molar refractivity (Wildman–Crippen MR) is 132 cm³/mol. The maximum absolute atomic E-state index is 12.0. The molecule has 0 bridgehead atoms. The summed E-state index contributed by atoms with van der Waals surface area (Å²) in [7, 11) is 0. The molecule has 0 aliphatic rings. The number of carbonyl (C=O) groups is 2. The molecule has 8 heteroatoms. The highest BCUT2D eigenvalue weighted by molar-refractivity contribution is 9.10. The van der Waals surface area contributed by atoms with Crippen LogP contribution in [0.15, 0.2) is 76.3 Å². The largest absolute Gasteiger partial charge is 0.490 e. The van der Waals surface area contributed by atoms with E-state index in [-0.39, 0.29) is 0 Å². The molecule has 2 amide bonds. The number of amides is 2. The Morgan fingerprint density at radius 1 is 0.939 bits per heavy atom. The summed E-state index contributed by atoms with van der Waals surface area (Å²) >= 11 is 3.41. The number of anilines is 1. The van der Waals surface area contributed by atoms with Crippen LogP contribution in [0.5, 0.6) is 11.5 Å². The van der Waals surface area contributed by atoms with Crippen LogP contribution in [0.25, 0.3) is 0 Å². The first-order chi connectivity index (χ1) is 15.9. The SMILES string of the molecule is CCOc1cc(/C=N\NC(=O)C(=O)Nc2ccc(C)cc2)ccc1OCc1ccc(Br)cc1. The van der Waals surface area contributed by atoms with Crippen molar-refractivity contribution >= 4 is 39.6 Å². The molecular weight excluding hydrogens is 486 g/mol. The van der Waals surface area contributed by atoms with Crippen molar-refractivity contribution in [3.05, 3.63) is 87.9 Å². The van der Waals surface area contributed by atoms with E-state index in [9.17, 15) is 9.59 Å². The lowest BCUT2D eigenvalue weighted by atomic mass is 10.2. The third-order valence-electron chi connectivity index (χ3n) is 4.47. The Bertz CT molecular complexity index is 1130. The molecule has 7 nitrogen and oxygen atoms in total. The Labute approximate surface area is 200 Å². The van der Waals surface area contributed by atoms with Crippen molar-refractivity contribution in [1.82, 2.24) is 5.43 Å². The molecule has 3 aromatic carbocycles. The fourth-order valence-corrected chi connectivity index (χ4v) is 3.04. The number of rotatable bonds is 8. The van der Waals surface area contributed by atoms with Gasteiger partial charge in [-0.15, -0.1) is 0 Å². The molecule has 0 aliphatic heterocycles. The number of hydrazone groups is 1. The van der Waals surface area contributed by atoms with E-state index >= 15 is 0 Å². The van der Waals surface area contributed by atoms with E-state index in [4.69, 9.17) is 9.47 Å². The maximum Gasteiger partial charge on any atom is 0.329 e. The van der Waals surface area contributed by atoms with Gasteiger partial charge in [-0.2, -0.15) is 5.10 Å². The second kappa shape index (κ2) is 11.8. The van der Waals surface area contributed by atoms with Gasteiger partial charge in [-0.05, 0) is 67.4 Å². The summed E-state index contributed by atoms with van der Waals surface area (Å²) in [5.74, 6) is -0.519. The molecular formula is C25H24BrN3O4. The topological polar surface area (TPSA) is 89.0 Å². The third-order valence-corrected chi connectivity index (χ3v) is 5.00. The summed E-state index contributed by atoms with van der Waals surface area (Å²) in [6.45, 7) is 4.68. The van der Waals surface area contributed by atoms with Crippen molar-refractivity contribution < 1.29 is 19.1 Å². The van der Waals surface area contributed by atoms with Crippen LogP contribution >= 0.6 is 15.9 Å². The van der Waals surface area contributed by atoms with Gasteiger partial charge in [-0.1, -0.05) is 45.8 Å². The van der Waals surface area contributed by atoms with Crippen molar-refractivity contribution in [2.75, 3.05) is 11.9 Å². The van der Waals surface area contributed by atoms with E-state index in [1.807, 2.05) is 50.2 Å². The van der Waals surface area contributed by atoms with E-state index in [1.165, 1.54) is 6.21 Å². The Balaban J connectivity index is 1.58. The molecule has 0 fully saturated rings. The van der Waals surface area contributed by atoms with Gasteiger partial charge in [0.25, 0.3) is 0 Å². The fourth-order valence-electron chi connectivity index (χ4n) is 2.78. The van der Waals surface area contributed by atoms with Gasteiger partial charge >= 0.3 is 11.8 Å².